The summed E-state index contributed by atoms with van der Waals surface area (Å²) in [6.45, 7) is 4.01. The van der Waals surface area contributed by atoms with Gasteiger partial charge in [0.05, 0.1) is 24.0 Å². The van der Waals surface area contributed by atoms with Gasteiger partial charge in [0.15, 0.2) is 0 Å². The summed E-state index contributed by atoms with van der Waals surface area (Å²) in [5.41, 5.74) is 2.37. The van der Waals surface area contributed by atoms with Crippen molar-refractivity contribution in [1.82, 2.24) is 9.97 Å². The highest BCUT2D eigenvalue weighted by Crippen LogP contribution is 2.28. The van der Waals surface area contributed by atoms with Crippen LogP contribution >= 0.6 is 15.9 Å². The molecule has 0 unspecified atom stereocenters. The summed E-state index contributed by atoms with van der Waals surface area (Å²) in [6.07, 6.45) is 0. The van der Waals surface area contributed by atoms with E-state index in [9.17, 15) is 9.50 Å². The van der Waals surface area contributed by atoms with Crippen LogP contribution in [-0.4, -0.2) is 27.7 Å². The normalized spacial score (nSPS) is 12.1. The Hall–Kier alpha value is -2.51. The summed E-state index contributed by atoms with van der Waals surface area (Å²) in [4.78, 5) is 9.14. The first kappa shape index (κ1) is 20.2. The van der Waals surface area contributed by atoms with Crippen molar-refractivity contribution >= 4 is 33.4 Å². The lowest BCUT2D eigenvalue weighted by Crippen LogP contribution is -2.30. The lowest BCUT2D eigenvalue weighted by molar-refractivity contribution is 0.248. The van der Waals surface area contributed by atoms with Gasteiger partial charge in [-0.15, -0.1) is 0 Å². The summed E-state index contributed by atoms with van der Waals surface area (Å²) in [6, 6.07) is 15.8. The Kier molecular flexibility index (Phi) is 6.59. The first-order valence-corrected chi connectivity index (χ1v) is 9.79. The zero-order valence-electron chi connectivity index (χ0n) is 15.7. The van der Waals surface area contributed by atoms with Crippen molar-refractivity contribution < 1.29 is 9.50 Å². The van der Waals surface area contributed by atoms with Gasteiger partial charge in [0, 0.05) is 16.1 Å². The summed E-state index contributed by atoms with van der Waals surface area (Å²) in [5, 5.41) is 16.0. The van der Waals surface area contributed by atoms with Crippen molar-refractivity contribution in [2.45, 2.75) is 19.9 Å². The fourth-order valence-corrected chi connectivity index (χ4v) is 3.10. The van der Waals surface area contributed by atoms with Gasteiger partial charge in [-0.2, -0.15) is 4.98 Å². The van der Waals surface area contributed by atoms with E-state index in [-0.39, 0.29) is 24.4 Å². The van der Waals surface area contributed by atoms with Crippen LogP contribution in [0.4, 0.5) is 21.8 Å². The maximum Gasteiger partial charge on any atom is 0.225 e. The van der Waals surface area contributed by atoms with Crippen LogP contribution in [0.3, 0.4) is 0 Å². The number of aliphatic hydroxyl groups excluding tert-OH is 1. The van der Waals surface area contributed by atoms with Gasteiger partial charge in [-0.1, -0.05) is 44.2 Å². The molecule has 1 heterocycles. The van der Waals surface area contributed by atoms with Gasteiger partial charge in [0.2, 0.25) is 5.95 Å². The first-order chi connectivity index (χ1) is 13.5. The van der Waals surface area contributed by atoms with Gasteiger partial charge in [-0.05, 0) is 40.0 Å². The SMILES string of the molecule is CC(C)[C@H](CO)Nc1nc(Nc2ccc(F)cc2Br)cc(-c2ccccc2)n1. The number of hydrogen-bond donors (Lipinski definition) is 3. The molecule has 1 aromatic heterocycles. The molecule has 0 spiro atoms. The Morgan fingerprint density at radius 1 is 1.07 bits per heavy atom. The molecule has 3 rings (SSSR count). The summed E-state index contributed by atoms with van der Waals surface area (Å²) < 4.78 is 14.0. The fraction of sp³-hybridized carbons (Fsp3) is 0.238. The number of nitrogens with one attached hydrogen (secondary N) is 2. The number of anilines is 3. The first-order valence-electron chi connectivity index (χ1n) is 9.00. The molecule has 0 radical (unpaired) electrons. The number of hydrogen-bond acceptors (Lipinski definition) is 5. The van der Waals surface area contributed by atoms with Gasteiger partial charge < -0.3 is 15.7 Å². The highest BCUT2D eigenvalue weighted by atomic mass is 79.9. The zero-order chi connectivity index (χ0) is 20.1. The van der Waals surface area contributed by atoms with Crippen LogP contribution in [-0.2, 0) is 0 Å². The number of aromatic nitrogens is 2. The third-order valence-electron chi connectivity index (χ3n) is 4.31. The molecule has 0 fully saturated rings. The molecule has 0 aliphatic rings. The van der Waals surface area contributed by atoms with Crippen molar-refractivity contribution in [3.8, 4) is 11.3 Å². The van der Waals surface area contributed by atoms with Crippen LogP contribution in [0.2, 0.25) is 0 Å². The maximum absolute atomic E-state index is 13.4. The lowest BCUT2D eigenvalue weighted by Gasteiger charge is -2.21. The minimum absolute atomic E-state index is 0.0249. The van der Waals surface area contributed by atoms with Crippen molar-refractivity contribution in [1.29, 1.82) is 0 Å². The van der Waals surface area contributed by atoms with Crippen LogP contribution in [0.5, 0.6) is 0 Å². The van der Waals surface area contributed by atoms with Gasteiger partial charge in [-0.25, -0.2) is 9.37 Å². The van der Waals surface area contributed by atoms with Crippen LogP contribution in [0, 0.1) is 11.7 Å². The number of halogens is 2. The van der Waals surface area contributed by atoms with E-state index >= 15 is 0 Å². The Morgan fingerprint density at radius 2 is 1.82 bits per heavy atom. The second-order valence-electron chi connectivity index (χ2n) is 6.75. The minimum Gasteiger partial charge on any atom is -0.394 e. The largest absolute Gasteiger partial charge is 0.394 e. The molecule has 3 N–H and O–H groups in total. The second-order valence-corrected chi connectivity index (χ2v) is 7.61. The highest BCUT2D eigenvalue weighted by molar-refractivity contribution is 9.10. The smallest absolute Gasteiger partial charge is 0.225 e. The van der Waals surface area contributed by atoms with Crippen molar-refractivity contribution in [3.05, 3.63) is 64.9 Å². The third kappa shape index (κ3) is 5.05. The van der Waals surface area contributed by atoms with Gasteiger partial charge in [0.1, 0.15) is 11.6 Å². The van der Waals surface area contributed by atoms with E-state index in [1.54, 1.807) is 6.07 Å². The molecule has 1 atom stereocenters. The molecule has 0 bridgehead atoms. The lowest BCUT2D eigenvalue weighted by atomic mass is 10.1. The standard InChI is InChI=1S/C21H22BrFN4O/c1-13(2)19(12-28)26-21-25-18(14-6-4-3-5-7-14)11-20(27-21)24-17-9-8-15(23)10-16(17)22/h3-11,13,19,28H,12H2,1-2H3,(H2,24,25,26,27)/t19-/m0/s1. The minimum atomic E-state index is -0.324. The van der Waals surface area contributed by atoms with E-state index < -0.39 is 0 Å². The van der Waals surface area contributed by atoms with E-state index in [1.165, 1.54) is 12.1 Å². The zero-order valence-corrected chi connectivity index (χ0v) is 17.2. The van der Waals surface area contributed by atoms with Gasteiger partial charge >= 0.3 is 0 Å². The average Bonchev–Trinajstić information content (AvgIpc) is 2.68. The number of nitrogens with zero attached hydrogens (tertiary/aromatic N) is 2. The molecule has 0 aliphatic carbocycles. The summed E-state index contributed by atoms with van der Waals surface area (Å²) >= 11 is 3.36. The molecule has 0 aliphatic heterocycles. The predicted octanol–water partition coefficient (Wildman–Crippen LogP) is 5.22. The van der Waals surface area contributed by atoms with Crippen LogP contribution in [0.15, 0.2) is 59.1 Å². The Bertz CT molecular complexity index is 937. The monoisotopic (exact) mass is 444 g/mol. The average molecular weight is 445 g/mol. The molecule has 0 saturated heterocycles. The molecule has 3 aromatic rings. The van der Waals surface area contributed by atoms with Crippen LogP contribution < -0.4 is 10.6 Å². The summed E-state index contributed by atoms with van der Waals surface area (Å²) in [5.74, 6) is 0.853. The number of benzene rings is 2. The van der Waals surface area contributed by atoms with Gasteiger partial charge in [0.25, 0.3) is 0 Å². The molecule has 2 aromatic carbocycles. The molecule has 7 heteroatoms. The molecular weight excluding hydrogens is 423 g/mol. The summed E-state index contributed by atoms with van der Waals surface area (Å²) in [7, 11) is 0. The van der Waals surface area contributed by atoms with Crippen molar-refractivity contribution in [2.75, 3.05) is 17.2 Å². The Morgan fingerprint density at radius 3 is 2.46 bits per heavy atom. The van der Waals surface area contributed by atoms with E-state index in [4.69, 9.17) is 0 Å². The predicted molar refractivity (Wildman–Crippen MR) is 114 cm³/mol. The highest BCUT2D eigenvalue weighted by Gasteiger charge is 2.15. The van der Waals surface area contributed by atoms with Crippen molar-refractivity contribution in [2.24, 2.45) is 5.92 Å². The van der Waals surface area contributed by atoms with E-state index in [1.807, 2.05) is 50.2 Å². The van der Waals surface area contributed by atoms with Crippen LogP contribution in [0.1, 0.15) is 13.8 Å². The van der Waals surface area contributed by atoms with E-state index in [0.29, 0.717) is 21.9 Å². The topological polar surface area (TPSA) is 70.1 Å². The van der Waals surface area contributed by atoms with Crippen LogP contribution in [0.25, 0.3) is 11.3 Å². The Balaban J connectivity index is 1.99. The quantitative estimate of drug-likeness (QED) is 0.466. The molecule has 0 amide bonds. The number of rotatable bonds is 7. The molecular formula is C21H22BrFN4O. The van der Waals surface area contributed by atoms with Gasteiger partial charge in [-0.3, -0.25) is 0 Å². The molecule has 0 saturated carbocycles. The Labute approximate surface area is 172 Å². The third-order valence-corrected chi connectivity index (χ3v) is 4.96. The number of aliphatic hydroxyl groups is 1. The molecule has 28 heavy (non-hydrogen) atoms. The molecule has 146 valence electrons. The fourth-order valence-electron chi connectivity index (χ4n) is 2.65. The second kappa shape index (κ2) is 9.12. The van der Waals surface area contributed by atoms with Crippen molar-refractivity contribution in [3.63, 3.8) is 0 Å². The van der Waals surface area contributed by atoms with E-state index in [0.717, 1.165) is 11.3 Å². The molecule has 5 nitrogen and oxygen atoms in total. The maximum atomic E-state index is 13.4. The van der Waals surface area contributed by atoms with E-state index in [2.05, 4.69) is 36.5 Å².